The lowest BCUT2D eigenvalue weighted by Crippen LogP contribution is -2.34. The van der Waals surface area contributed by atoms with Crippen LogP contribution in [0.25, 0.3) is 0 Å². The quantitative estimate of drug-likeness (QED) is 0.171. The summed E-state index contributed by atoms with van der Waals surface area (Å²) in [7, 11) is 0. The lowest BCUT2D eigenvalue weighted by Gasteiger charge is -2.13. The van der Waals surface area contributed by atoms with Gasteiger partial charge in [0.2, 0.25) is 5.91 Å². The first-order valence-electron chi connectivity index (χ1n) is 10.9. The summed E-state index contributed by atoms with van der Waals surface area (Å²) in [6, 6.07) is 20.4. The van der Waals surface area contributed by atoms with E-state index >= 15 is 0 Å². The van der Waals surface area contributed by atoms with Crippen LogP contribution in [0.1, 0.15) is 25.0 Å². The van der Waals surface area contributed by atoms with Crippen molar-refractivity contribution in [2.24, 2.45) is 11.0 Å². The molecule has 0 radical (unpaired) electrons. The molecule has 2 amide bonds. The van der Waals surface area contributed by atoms with Crippen molar-refractivity contribution in [3.8, 4) is 11.5 Å². The van der Waals surface area contributed by atoms with Gasteiger partial charge >= 0.3 is 0 Å². The number of amides is 2. The van der Waals surface area contributed by atoms with Gasteiger partial charge in [0.15, 0.2) is 11.5 Å². The van der Waals surface area contributed by atoms with Crippen molar-refractivity contribution in [2.75, 3.05) is 11.9 Å². The Kier molecular flexibility index (Phi) is 9.86. The molecule has 0 bridgehead atoms. The number of carbonyl (C=O) groups excluding carboxylic acids is 2. The zero-order valence-corrected chi connectivity index (χ0v) is 22.4. The molecule has 1 atom stereocenters. The minimum Gasteiger partial charge on any atom is -0.490 e. The lowest BCUT2D eigenvalue weighted by atomic mass is 10.1. The van der Waals surface area contributed by atoms with Crippen LogP contribution in [0.15, 0.2) is 80.8 Å². The molecule has 35 heavy (non-hydrogen) atoms. The highest BCUT2D eigenvalue weighted by atomic mass is 79.9. The number of nitrogens with one attached hydrogen (secondary N) is 2. The van der Waals surface area contributed by atoms with E-state index < -0.39 is 17.7 Å². The van der Waals surface area contributed by atoms with E-state index in [2.05, 4.69) is 47.7 Å². The molecule has 0 spiro atoms. The summed E-state index contributed by atoms with van der Waals surface area (Å²) in [5.74, 6) is -0.720. The van der Waals surface area contributed by atoms with Crippen LogP contribution in [0.5, 0.6) is 11.5 Å². The fraction of sp³-hybridized carbons (Fsp3) is 0.192. The monoisotopic (exact) mass is 601 g/mol. The second-order valence-corrected chi connectivity index (χ2v) is 9.25. The first-order chi connectivity index (χ1) is 16.9. The van der Waals surface area contributed by atoms with Crippen LogP contribution in [-0.4, -0.2) is 24.6 Å². The summed E-state index contributed by atoms with van der Waals surface area (Å²) < 4.78 is 13.4. The van der Waals surface area contributed by atoms with Crippen molar-refractivity contribution in [3.05, 3.63) is 86.8 Å². The number of carbonyl (C=O) groups is 2. The van der Waals surface area contributed by atoms with Crippen molar-refractivity contribution >= 4 is 55.6 Å². The molecule has 1 unspecified atom stereocenters. The molecular formula is C26H25Br2N3O4. The van der Waals surface area contributed by atoms with Crippen LogP contribution < -0.4 is 20.2 Å². The van der Waals surface area contributed by atoms with Crippen LogP contribution in [0.2, 0.25) is 0 Å². The number of hydrogen-bond acceptors (Lipinski definition) is 5. The molecule has 9 heteroatoms. The molecule has 3 aromatic rings. The van der Waals surface area contributed by atoms with E-state index in [0.717, 1.165) is 14.5 Å². The van der Waals surface area contributed by atoms with E-state index in [-0.39, 0.29) is 0 Å². The maximum atomic E-state index is 12.4. The predicted molar refractivity (Wildman–Crippen MR) is 144 cm³/mol. The number of anilines is 1. The minimum atomic E-state index is -0.937. The number of para-hydroxylation sites is 1. The summed E-state index contributed by atoms with van der Waals surface area (Å²) >= 11 is 6.79. The fourth-order valence-electron chi connectivity index (χ4n) is 2.92. The molecule has 0 saturated carbocycles. The van der Waals surface area contributed by atoms with Gasteiger partial charge in [0.05, 0.1) is 18.5 Å². The van der Waals surface area contributed by atoms with Gasteiger partial charge < -0.3 is 14.8 Å². The third kappa shape index (κ3) is 7.93. The summed E-state index contributed by atoms with van der Waals surface area (Å²) in [6.07, 6.45) is 1.48. The number of halogens is 2. The minimum absolute atomic E-state index is 0.399. The molecule has 0 saturated heterocycles. The smallest absolute Gasteiger partial charge is 0.252 e. The largest absolute Gasteiger partial charge is 0.490 e. The summed E-state index contributed by atoms with van der Waals surface area (Å²) in [5.41, 5.74) is 4.73. The van der Waals surface area contributed by atoms with Crippen LogP contribution >= 0.6 is 31.9 Å². The van der Waals surface area contributed by atoms with Gasteiger partial charge in [0, 0.05) is 8.95 Å². The average molecular weight is 603 g/mol. The SMILES string of the molecule is CCOc1cc(C=NNC(=O)C(C)C(=O)Nc2ccccc2Br)ccc1OCc1ccc(Br)cc1. The molecule has 182 valence electrons. The molecule has 0 aromatic heterocycles. The maximum Gasteiger partial charge on any atom is 0.252 e. The molecule has 2 N–H and O–H groups in total. The Balaban J connectivity index is 1.58. The molecule has 7 nitrogen and oxygen atoms in total. The molecule has 3 aromatic carbocycles. The lowest BCUT2D eigenvalue weighted by molar-refractivity contribution is -0.131. The van der Waals surface area contributed by atoms with E-state index in [9.17, 15) is 9.59 Å². The third-order valence-electron chi connectivity index (χ3n) is 4.88. The highest BCUT2D eigenvalue weighted by molar-refractivity contribution is 9.10. The number of hydrazone groups is 1. The molecule has 0 fully saturated rings. The van der Waals surface area contributed by atoms with Crippen molar-refractivity contribution < 1.29 is 19.1 Å². The molecule has 0 heterocycles. The number of rotatable bonds is 10. The highest BCUT2D eigenvalue weighted by Crippen LogP contribution is 2.29. The topological polar surface area (TPSA) is 89.0 Å². The van der Waals surface area contributed by atoms with Crippen molar-refractivity contribution in [2.45, 2.75) is 20.5 Å². The van der Waals surface area contributed by atoms with Crippen molar-refractivity contribution in [1.29, 1.82) is 0 Å². The summed E-state index contributed by atoms with van der Waals surface area (Å²) in [6.45, 7) is 4.27. The summed E-state index contributed by atoms with van der Waals surface area (Å²) in [5, 5.41) is 6.71. The second-order valence-electron chi connectivity index (χ2n) is 7.48. The second kappa shape index (κ2) is 13.1. The van der Waals surface area contributed by atoms with Crippen LogP contribution in [0, 0.1) is 5.92 Å². The van der Waals surface area contributed by atoms with E-state index in [1.54, 1.807) is 36.4 Å². The van der Waals surface area contributed by atoms with Gasteiger partial charge in [-0.2, -0.15) is 5.10 Å². The Labute approximate surface area is 221 Å². The van der Waals surface area contributed by atoms with Gasteiger partial charge in [-0.15, -0.1) is 0 Å². The van der Waals surface area contributed by atoms with Gasteiger partial charge in [-0.3, -0.25) is 9.59 Å². The molecule has 3 rings (SSSR count). The van der Waals surface area contributed by atoms with E-state index in [0.29, 0.717) is 36.0 Å². The van der Waals surface area contributed by atoms with Gasteiger partial charge in [0.25, 0.3) is 5.91 Å². The summed E-state index contributed by atoms with van der Waals surface area (Å²) in [4.78, 5) is 24.8. The first kappa shape index (κ1) is 26.4. The molecular weight excluding hydrogens is 578 g/mol. The number of nitrogens with zero attached hydrogens (tertiary/aromatic N) is 1. The first-order valence-corrected chi connectivity index (χ1v) is 12.5. The van der Waals surface area contributed by atoms with Crippen LogP contribution in [0.4, 0.5) is 5.69 Å². The maximum absolute atomic E-state index is 12.4. The average Bonchev–Trinajstić information content (AvgIpc) is 2.85. The van der Waals surface area contributed by atoms with Gasteiger partial charge in [-0.1, -0.05) is 40.2 Å². The van der Waals surface area contributed by atoms with Crippen LogP contribution in [-0.2, 0) is 16.2 Å². The van der Waals surface area contributed by atoms with Crippen LogP contribution in [0.3, 0.4) is 0 Å². The standard InChI is InChI=1S/C26H25Br2N3O4/c1-3-34-24-14-19(10-13-23(24)35-16-18-8-11-20(27)12-9-18)15-29-31-26(33)17(2)25(32)30-22-7-5-4-6-21(22)28/h4-15,17H,3,16H2,1-2H3,(H,30,32)(H,31,33). The Morgan fingerprint density at radius 3 is 2.43 bits per heavy atom. The highest BCUT2D eigenvalue weighted by Gasteiger charge is 2.21. The number of benzene rings is 3. The van der Waals surface area contributed by atoms with Gasteiger partial charge in [-0.05, 0) is 83.4 Å². The van der Waals surface area contributed by atoms with Gasteiger partial charge in [0.1, 0.15) is 12.5 Å². The zero-order chi connectivity index (χ0) is 25.2. The molecule has 0 aliphatic heterocycles. The van der Waals surface area contributed by atoms with E-state index in [4.69, 9.17) is 9.47 Å². The molecule has 0 aliphatic rings. The Morgan fingerprint density at radius 2 is 1.71 bits per heavy atom. The Bertz CT molecular complexity index is 1200. The number of hydrogen-bond donors (Lipinski definition) is 2. The Morgan fingerprint density at radius 1 is 0.971 bits per heavy atom. The van der Waals surface area contributed by atoms with Gasteiger partial charge in [-0.25, -0.2) is 5.43 Å². The number of ether oxygens (including phenoxy) is 2. The zero-order valence-electron chi connectivity index (χ0n) is 19.3. The third-order valence-corrected chi connectivity index (χ3v) is 6.10. The van der Waals surface area contributed by atoms with Crippen molar-refractivity contribution in [3.63, 3.8) is 0 Å². The van der Waals surface area contributed by atoms with E-state index in [1.807, 2.05) is 37.3 Å². The normalized spacial score (nSPS) is 11.7. The van der Waals surface area contributed by atoms with Crippen molar-refractivity contribution in [1.82, 2.24) is 5.43 Å². The fourth-order valence-corrected chi connectivity index (χ4v) is 3.57. The predicted octanol–water partition coefficient (Wildman–Crippen LogP) is 5.91. The van der Waals surface area contributed by atoms with E-state index in [1.165, 1.54) is 13.1 Å². The molecule has 0 aliphatic carbocycles. The Hall–Kier alpha value is -3.17.